The van der Waals surface area contributed by atoms with Crippen molar-refractivity contribution in [1.82, 2.24) is 0 Å². The third-order valence-electron chi connectivity index (χ3n) is 0.900. The first kappa shape index (κ1) is 8.83. The Morgan fingerprint density at radius 2 is 2.11 bits per heavy atom. The van der Waals surface area contributed by atoms with Gasteiger partial charge >= 0.3 is 0 Å². The summed E-state index contributed by atoms with van der Waals surface area (Å²) in [5.41, 5.74) is 2.63. The highest BCUT2D eigenvalue weighted by Gasteiger charge is 1.87. The Balaban J connectivity index is 3.62. The fourth-order valence-corrected chi connectivity index (χ4v) is 1.20. The zero-order valence-corrected chi connectivity index (χ0v) is 7.22. The summed E-state index contributed by atoms with van der Waals surface area (Å²) < 4.78 is 0. The van der Waals surface area contributed by atoms with Crippen LogP contribution in [0.25, 0.3) is 0 Å². The molecule has 0 nitrogen and oxygen atoms in total. The highest BCUT2D eigenvalue weighted by Crippen LogP contribution is 2.10. The number of hydrogen-bond acceptors (Lipinski definition) is 1. The monoisotopic (exact) mass is 142 g/mol. The Labute approximate surface area is 62.0 Å². The van der Waals surface area contributed by atoms with Crippen LogP contribution in [0, 0.1) is 0 Å². The molecule has 0 aromatic carbocycles. The van der Waals surface area contributed by atoms with E-state index in [4.69, 9.17) is 0 Å². The maximum absolute atomic E-state index is 3.83. The van der Waals surface area contributed by atoms with Gasteiger partial charge in [-0.15, -0.1) is 11.8 Å². The van der Waals surface area contributed by atoms with E-state index in [0.717, 1.165) is 6.42 Å². The van der Waals surface area contributed by atoms with Crippen molar-refractivity contribution >= 4 is 11.8 Å². The van der Waals surface area contributed by atoms with E-state index in [1.807, 2.05) is 0 Å². The summed E-state index contributed by atoms with van der Waals surface area (Å²) in [4.78, 5) is 0. The van der Waals surface area contributed by atoms with Gasteiger partial charge in [0.05, 0.1) is 0 Å². The van der Waals surface area contributed by atoms with Crippen LogP contribution in [0.3, 0.4) is 0 Å². The SMILES string of the molecule is C=C(C)CC(C)=CSC. The molecule has 0 saturated heterocycles. The topological polar surface area (TPSA) is 0 Å². The molecule has 0 fully saturated rings. The lowest BCUT2D eigenvalue weighted by Crippen LogP contribution is -1.75. The van der Waals surface area contributed by atoms with E-state index in [0.29, 0.717) is 0 Å². The van der Waals surface area contributed by atoms with Gasteiger partial charge in [-0.2, -0.15) is 0 Å². The van der Waals surface area contributed by atoms with E-state index in [-0.39, 0.29) is 0 Å². The van der Waals surface area contributed by atoms with Crippen molar-refractivity contribution in [3.63, 3.8) is 0 Å². The van der Waals surface area contributed by atoms with Gasteiger partial charge in [0.1, 0.15) is 0 Å². The fourth-order valence-electron chi connectivity index (χ4n) is 0.719. The summed E-state index contributed by atoms with van der Waals surface area (Å²) >= 11 is 1.75. The molecule has 0 atom stereocenters. The van der Waals surface area contributed by atoms with Gasteiger partial charge in [0.25, 0.3) is 0 Å². The zero-order valence-electron chi connectivity index (χ0n) is 6.40. The minimum absolute atomic E-state index is 1.04. The maximum Gasteiger partial charge on any atom is -0.0109 e. The number of hydrogen-bond donors (Lipinski definition) is 0. The van der Waals surface area contributed by atoms with Gasteiger partial charge in [0.2, 0.25) is 0 Å². The third kappa shape index (κ3) is 5.71. The molecule has 0 heterocycles. The third-order valence-corrected chi connectivity index (χ3v) is 1.54. The van der Waals surface area contributed by atoms with E-state index in [1.54, 1.807) is 11.8 Å². The maximum atomic E-state index is 3.83. The van der Waals surface area contributed by atoms with Gasteiger partial charge in [-0.1, -0.05) is 17.7 Å². The quantitative estimate of drug-likeness (QED) is 0.545. The molecular formula is C8H14S. The molecule has 0 amide bonds. The first-order valence-electron chi connectivity index (χ1n) is 2.99. The van der Waals surface area contributed by atoms with E-state index in [2.05, 4.69) is 32.1 Å². The minimum Gasteiger partial charge on any atom is -0.138 e. The van der Waals surface area contributed by atoms with Crippen molar-refractivity contribution < 1.29 is 0 Å². The molecule has 0 unspecified atom stereocenters. The predicted molar refractivity (Wildman–Crippen MR) is 46.7 cm³/mol. The summed E-state index contributed by atoms with van der Waals surface area (Å²) in [5.74, 6) is 0. The van der Waals surface area contributed by atoms with Gasteiger partial charge in [-0.3, -0.25) is 0 Å². The Kier molecular flexibility index (Phi) is 4.60. The Hall–Kier alpha value is -0.170. The van der Waals surface area contributed by atoms with Gasteiger partial charge in [-0.25, -0.2) is 0 Å². The number of rotatable bonds is 3. The van der Waals surface area contributed by atoms with Crippen LogP contribution in [0.1, 0.15) is 20.3 Å². The lowest BCUT2D eigenvalue weighted by molar-refractivity contribution is 1.12. The fraction of sp³-hybridized carbons (Fsp3) is 0.500. The first-order valence-corrected chi connectivity index (χ1v) is 4.28. The second-order valence-corrected chi connectivity index (χ2v) is 3.04. The average Bonchev–Trinajstić information content (AvgIpc) is 1.63. The van der Waals surface area contributed by atoms with Crippen molar-refractivity contribution in [2.24, 2.45) is 0 Å². The molecule has 0 aromatic rings. The van der Waals surface area contributed by atoms with Crippen molar-refractivity contribution in [2.75, 3.05) is 6.26 Å². The number of thioether (sulfide) groups is 1. The van der Waals surface area contributed by atoms with Crippen LogP contribution in [0.4, 0.5) is 0 Å². The summed E-state index contributed by atoms with van der Waals surface area (Å²) in [5, 5.41) is 2.16. The van der Waals surface area contributed by atoms with Crippen LogP contribution in [0.5, 0.6) is 0 Å². The van der Waals surface area contributed by atoms with E-state index in [1.165, 1.54) is 11.1 Å². The second-order valence-electron chi connectivity index (χ2n) is 2.33. The van der Waals surface area contributed by atoms with Gasteiger partial charge < -0.3 is 0 Å². The highest BCUT2D eigenvalue weighted by molar-refractivity contribution is 8.01. The molecule has 0 rings (SSSR count). The minimum atomic E-state index is 1.04. The molecule has 0 N–H and O–H groups in total. The van der Waals surface area contributed by atoms with Gasteiger partial charge in [0.15, 0.2) is 0 Å². The molecule has 0 aliphatic carbocycles. The Morgan fingerprint density at radius 1 is 1.56 bits per heavy atom. The molecule has 0 aliphatic rings. The largest absolute Gasteiger partial charge is 0.138 e. The summed E-state index contributed by atoms with van der Waals surface area (Å²) in [7, 11) is 0. The molecule has 1 heteroatoms. The van der Waals surface area contributed by atoms with Crippen molar-refractivity contribution in [3.8, 4) is 0 Å². The molecule has 0 radical (unpaired) electrons. The molecule has 9 heavy (non-hydrogen) atoms. The first-order chi connectivity index (χ1) is 4.16. The van der Waals surface area contributed by atoms with Crippen LogP contribution >= 0.6 is 11.8 Å². The highest BCUT2D eigenvalue weighted by atomic mass is 32.2. The normalized spacial score (nSPS) is 11.7. The number of allylic oxidation sites excluding steroid dienone is 2. The van der Waals surface area contributed by atoms with Crippen LogP contribution in [-0.2, 0) is 0 Å². The molecule has 0 bridgehead atoms. The van der Waals surface area contributed by atoms with Crippen molar-refractivity contribution in [3.05, 3.63) is 23.1 Å². The van der Waals surface area contributed by atoms with Crippen molar-refractivity contribution in [2.45, 2.75) is 20.3 Å². The lowest BCUT2D eigenvalue weighted by Gasteiger charge is -1.96. The molecule has 0 aliphatic heterocycles. The molecule has 0 spiro atoms. The van der Waals surface area contributed by atoms with Crippen LogP contribution in [-0.4, -0.2) is 6.26 Å². The lowest BCUT2D eigenvalue weighted by atomic mass is 10.1. The standard InChI is InChI=1S/C8H14S/c1-7(2)5-8(3)6-9-4/h6H,1,5H2,2-4H3. The second kappa shape index (κ2) is 4.68. The molecule has 0 saturated carbocycles. The van der Waals surface area contributed by atoms with Crippen LogP contribution < -0.4 is 0 Å². The molecule has 0 aromatic heterocycles. The van der Waals surface area contributed by atoms with E-state index >= 15 is 0 Å². The zero-order chi connectivity index (χ0) is 7.28. The Morgan fingerprint density at radius 3 is 2.44 bits per heavy atom. The van der Waals surface area contributed by atoms with E-state index in [9.17, 15) is 0 Å². The summed E-state index contributed by atoms with van der Waals surface area (Å²) in [6, 6.07) is 0. The van der Waals surface area contributed by atoms with Crippen LogP contribution in [0.2, 0.25) is 0 Å². The average molecular weight is 142 g/mol. The van der Waals surface area contributed by atoms with Crippen LogP contribution in [0.15, 0.2) is 23.1 Å². The summed E-state index contributed by atoms with van der Waals surface area (Å²) in [6.45, 7) is 8.01. The smallest absolute Gasteiger partial charge is 0.0109 e. The molecule has 52 valence electrons. The van der Waals surface area contributed by atoms with Crippen molar-refractivity contribution in [1.29, 1.82) is 0 Å². The molecular weight excluding hydrogens is 128 g/mol. The van der Waals surface area contributed by atoms with Gasteiger partial charge in [-0.05, 0) is 31.9 Å². The Bertz CT molecular complexity index is 123. The predicted octanol–water partition coefficient (Wildman–Crippen LogP) is 3.22. The van der Waals surface area contributed by atoms with E-state index < -0.39 is 0 Å². The summed E-state index contributed by atoms with van der Waals surface area (Å²) in [6.07, 6.45) is 3.11. The van der Waals surface area contributed by atoms with Gasteiger partial charge in [0, 0.05) is 0 Å².